The molecule has 100 valence electrons. The van der Waals surface area contributed by atoms with E-state index >= 15 is 0 Å². The number of thioether (sulfide) groups is 1. The highest BCUT2D eigenvalue weighted by Gasteiger charge is 2.23. The molecule has 0 radical (unpaired) electrons. The van der Waals surface area contributed by atoms with E-state index in [4.69, 9.17) is 4.74 Å². The fraction of sp³-hybridized carbons (Fsp3) is 0.600. The van der Waals surface area contributed by atoms with Crippen molar-refractivity contribution in [2.75, 3.05) is 5.75 Å². The Morgan fingerprint density at radius 3 is 2.72 bits per heavy atom. The molecule has 1 unspecified atom stereocenters. The molecular formula is C15H22O2S. The summed E-state index contributed by atoms with van der Waals surface area (Å²) in [6, 6.07) is 7.85. The zero-order valence-corrected chi connectivity index (χ0v) is 12.2. The van der Waals surface area contributed by atoms with Gasteiger partial charge in [-0.25, -0.2) is 0 Å². The lowest BCUT2D eigenvalue weighted by molar-refractivity contribution is 0.203. The van der Waals surface area contributed by atoms with Gasteiger partial charge in [-0.05, 0) is 30.5 Å². The molecule has 0 bridgehead atoms. The van der Waals surface area contributed by atoms with Crippen molar-refractivity contribution < 1.29 is 9.84 Å². The van der Waals surface area contributed by atoms with Crippen LogP contribution in [0.3, 0.4) is 0 Å². The first-order chi connectivity index (χ1) is 8.44. The number of ether oxygens (including phenoxy) is 1. The van der Waals surface area contributed by atoms with Crippen LogP contribution in [-0.4, -0.2) is 21.7 Å². The molecular weight excluding hydrogens is 244 g/mol. The van der Waals surface area contributed by atoms with Crippen LogP contribution in [0.15, 0.2) is 24.3 Å². The Morgan fingerprint density at radius 2 is 2.11 bits per heavy atom. The molecule has 0 heterocycles. The van der Waals surface area contributed by atoms with Gasteiger partial charge in [-0.2, -0.15) is 11.8 Å². The molecule has 1 aliphatic rings. The number of rotatable bonds is 5. The standard InChI is InChI=1S/C15H22O2S/c1-15(2,3)18-10-14(16)11-5-4-6-13(9-11)17-12-7-8-12/h4-6,9,12,14,16H,7-8,10H2,1-3H3. The maximum absolute atomic E-state index is 10.2. The Bertz CT molecular complexity index is 394. The van der Waals surface area contributed by atoms with Gasteiger partial charge < -0.3 is 9.84 Å². The minimum Gasteiger partial charge on any atom is -0.490 e. The Kier molecular flexibility index (Phi) is 4.23. The summed E-state index contributed by atoms with van der Waals surface area (Å²) in [7, 11) is 0. The minimum absolute atomic E-state index is 0.184. The Labute approximate surface area is 114 Å². The van der Waals surface area contributed by atoms with Gasteiger partial charge in [-0.1, -0.05) is 32.9 Å². The third-order valence-electron chi connectivity index (χ3n) is 2.74. The lowest BCUT2D eigenvalue weighted by Crippen LogP contribution is -2.12. The molecule has 1 aromatic rings. The number of aliphatic hydroxyl groups is 1. The summed E-state index contributed by atoms with van der Waals surface area (Å²) in [5.41, 5.74) is 0.949. The molecule has 0 amide bonds. The lowest BCUT2D eigenvalue weighted by atomic mass is 10.1. The van der Waals surface area contributed by atoms with Crippen molar-refractivity contribution in [3.8, 4) is 5.75 Å². The monoisotopic (exact) mass is 266 g/mol. The van der Waals surface area contributed by atoms with Crippen LogP contribution in [0.1, 0.15) is 45.3 Å². The average molecular weight is 266 g/mol. The van der Waals surface area contributed by atoms with Crippen molar-refractivity contribution in [3.63, 3.8) is 0 Å². The first-order valence-corrected chi connectivity index (χ1v) is 7.51. The van der Waals surface area contributed by atoms with E-state index in [9.17, 15) is 5.11 Å². The van der Waals surface area contributed by atoms with Crippen LogP contribution in [-0.2, 0) is 0 Å². The molecule has 2 nitrogen and oxygen atoms in total. The van der Waals surface area contributed by atoms with Crippen molar-refractivity contribution in [1.82, 2.24) is 0 Å². The zero-order valence-electron chi connectivity index (χ0n) is 11.3. The van der Waals surface area contributed by atoms with Crippen molar-refractivity contribution in [1.29, 1.82) is 0 Å². The van der Waals surface area contributed by atoms with E-state index in [1.165, 1.54) is 0 Å². The van der Waals surface area contributed by atoms with Gasteiger partial charge in [0.2, 0.25) is 0 Å². The Hall–Kier alpha value is -0.670. The van der Waals surface area contributed by atoms with Crippen molar-refractivity contribution in [3.05, 3.63) is 29.8 Å². The quantitative estimate of drug-likeness (QED) is 0.879. The highest BCUT2D eigenvalue weighted by atomic mass is 32.2. The SMILES string of the molecule is CC(C)(C)SCC(O)c1cccc(OC2CC2)c1. The molecule has 1 aromatic carbocycles. The summed E-state index contributed by atoms with van der Waals surface area (Å²) in [4.78, 5) is 0. The van der Waals surface area contributed by atoms with E-state index in [2.05, 4.69) is 20.8 Å². The van der Waals surface area contributed by atoms with E-state index in [0.29, 0.717) is 6.10 Å². The summed E-state index contributed by atoms with van der Waals surface area (Å²) in [6.07, 6.45) is 2.30. The summed E-state index contributed by atoms with van der Waals surface area (Å²) >= 11 is 1.78. The minimum atomic E-state index is -0.419. The van der Waals surface area contributed by atoms with E-state index in [-0.39, 0.29) is 4.75 Å². The van der Waals surface area contributed by atoms with Crippen LogP contribution in [0.25, 0.3) is 0 Å². The van der Waals surface area contributed by atoms with Gasteiger partial charge in [0.25, 0.3) is 0 Å². The van der Waals surface area contributed by atoms with Gasteiger partial charge in [-0.15, -0.1) is 0 Å². The Morgan fingerprint density at radius 1 is 1.39 bits per heavy atom. The molecule has 3 heteroatoms. The molecule has 2 rings (SSSR count). The normalized spacial score (nSPS) is 17.6. The third kappa shape index (κ3) is 4.54. The molecule has 1 atom stereocenters. The van der Waals surface area contributed by atoms with Crippen molar-refractivity contribution >= 4 is 11.8 Å². The highest BCUT2D eigenvalue weighted by molar-refractivity contribution is 8.00. The first-order valence-electron chi connectivity index (χ1n) is 6.53. The molecule has 0 aromatic heterocycles. The van der Waals surface area contributed by atoms with Crippen molar-refractivity contribution in [2.45, 2.75) is 50.6 Å². The van der Waals surface area contributed by atoms with Gasteiger partial charge in [-0.3, -0.25) is 0 Å². The second-order valence-corrected chi connectivity index (χ2v) is 7.68. The maximum Gasteiger partial charge on any atom is 0.120 e. The third-order valence-corrected chi connectivity index (χ3v) is 4.09. The average Bonchev–Trinajstić information content (AvgIpc) is 3.09. The molecule has 0 saturated heterocycles. The number of aliphatic hydroxyl groups excluding tert-OH is 1. The molecule has 1 fully saturated rings. The maximum atomic E-state index is 10.2. The van der Waals surface area contributed by atoms with E-state index < -0.39 is 6.10 Å². The topological polar surface area (TPSA) is 29.5 Å². The van der Waals surface area contributed by atoms with Crippen LogP contribution < -0.4 is 4.74 Å². The van der Waals surface area contributed by atoms with E-state index in [1.807, 2.05) is 24.3 Å². The summed E-state index contributed by atoms with van der Waals surface area (Å²) < 4.78 is 5.93. The van der Waals surface area contributed by atoms with Crippen LogP contribution in [0.4, 0.5) is 0 Å². The summed E-state index contributed by atoms with van der Waals surface area (Å²) in [6.45, 7) is 6.49. The zero-order chi connectivity index (χ0) is 13.2. The summed E-state index contributed by atoms with van der Waals surface area (Å²) in [5, 5.41) is 10.2. The second-order valence-electron chi connectivity index (χ2n) is 5.83. The van der Waals surface area contributed by atoms with Gasteiger partial charge in [0.1, 0.15) is 5.75 Å². The van der Waals surface area contributed by atoms with E-state index in [0.717, 1.165) is 29.9 Å². The number of hydrogen-bond donors (Lipinski definition) is 1. The number of hydrogen-bond acceptors (Lipinski definition) is 3. The van der Waals surface area contributed by atoms with Gasteiger partial charge >= 0.3 is 0 Å². The largest absolute Gasteiger partial charge is 0.490 e. The van der Waals surface area contributed by atoms with Gasteiger partial charge in [0, 0.05) is 10.5 Å². The van der Waals surface area contributed by atoms with Crippen LogP contribution >= 0.6 is 11.8 Å². The first kappa shape index (κ1) is 13.8. The molecule has 18 heavy (non-hydrogen) atoms. The van der Waals surface area contributed by atoms with Crippen molar-refractivity contribution in [2.24, 2.45) is 0 Å². The molecule has 0 aliphatic heterocycles. The summed E-state index contributed by atoms with van der Waals surface area (Å²) in [5.74, 6) is 1.60. The molecule has 1 aliphatic carbocycles. The Balaban J connectivity index is 1.93. The predicted octanol–water partition coefficient (Wildman–Crippen LogP) is 3.79. The lowest BCUT2D eigenvalue weighted by Gasteiger charge is -2.20. The van der Waals surface area contributed by atoms with E-state index in [1.54, 1.807) is 11.8 Å². The second kappa shape index (κ2) is 5.54. The molecule has 1 saturated carbocycles. The fourth-order valence-electron chi connectivity index (χ4n) is 1.60. The molecule has 1 N–H and O–H groups in total. The fourth-order valence-corrected chi connectivity index (χ4v) is 2.45. The van der Waals surface area contributed by atoms with Crippen LogP contribution in [0.2, 0.25) is 0 Å². The van der Waals surface area contributed by atoms with Gasteiger partial charge in [0.05, 0.1) is 12.2 Å². The van der Waals surface area contributed by atoms with Crippen LogP contribution in [0.5, 0.6) is 5.75 Å². The molecule has 0 spiro atoms. The number of benzene rings is 1. The predicted molar refractivity (Wildman–Crippen MR) is 77.3 cm³/mol. The highest BCUT2D eigenvalue weighted by Crippen LogP contribution is 2.31. The van der Waals surface area contributed by atoms with Gasteiger partial charge in [0.15, 0.2) is 0 Å². The smallest absolute Gasteiger partial charge is 0.120 e. The van der Waals surface area contributed by atoms with Crippen LogP contribution in [0, 0.1) is 0 Å².